The molecule has 0 N–H and O–H groups in total. The second-order valence-electron chi connectivity index (χ2n) is 13.1. The van der Waals surface area contributed by atoms with Crippen molar-refractivity contribution in [3.63, 3.8) is 0 Å². The fourth-order valence-corrected chi connectivity index (χ4v) is 6.97. The smallest absolute Gasteiger partial charge is 0.310 e. The molecule has 12 heteroatoms. The average molecular weight is 780 g/mol. The zero-order chi connectivity index (χ0) is 40.1. The Hall–Kier alpha value is -6.87. The van der Waals surface area contributed by atoms with Crippen LogP contribution in [-0.2, 0) is 18.5 Å². The van der Waals surface area contributed by atoms with Crippen molar-refractivity contribution in [1.82, 2.24) is 4.57 Å². The van der Waals surface area contributed by atoms with Gasteiger partial charge in [-0.3, -0.25) is 0 Å². The highest BCUT2D eigenvalue weighted by atomic mass is 19.4. The van der Waals surface area contributed by atoms with E-state index in [4.69, 9.17) is 0 Å². The number of fused-ring (bicyclic) bond motifs is 3. The van der Waals surface area contributed by atoms with Crippen LogP contribution in [0.15, 0.2) is 158 Å². The summed E-state index contributed by atoms with van der Waals surface area (Å²) < 4.78 is 128. The maximum Gasteiger partial charge on any atom is 0.416 e. The zero-order valence-corrected chi connectivity index (χ0v) is 29.3. The highest BCUT2D eigenvalue weighted by molar-refractivity contribution is 6.12. The molecule has 0 amide bonds. The molecule has 8 rings (SSSR count). The van der Waals surface area contributed by atoms with Crippen molar-refractivity contribution >= 4 is 55.9 Å². The van der Waals surface area contributed by atoms with Gasteiger partial charge in [0.1, 0.15) is 0 Å². The predicted molar refractivity (Wildman–Crippen MR) is 203 cm³/mol. The lowest BCUT2D eigenvalue weighted by Gasteiger charge is -2.27. The van der Waals surface area contributed by atoms with Crippen molar-refractivity contribution in [3.05, 3.63) is 187 Å². The third-order valence-corrected chi connectivity index (χ3v) is 9.46. The lowest BCUT2D eigenvalue weighted by molar-refractivity contribution is -0.138. The number of benzene rings is 6. The molecule has 0 bridgehead atoms. The molecule has 0 saturated carbocycles. The van der Waals surface area contributed by atoms with E-state index < -0.39 is 35.2 Å². The maximum absolute atomic E-state index is 14.0. The van der Waals surface area contributed by atoms with Crippen LogP contribution >= 0.6 is 0 Å². The number of rotatable bonds is 7. The fraction of sp³-hybridized carbons (Fsp3) is 0.0667. The van der Waals surface area contributed by atoms with E-state index in [0.29, 0.717) is 33.2 Å². The Kier molecular flexibility index (Phi) is 9.11. The molecule has 0 radical (unpaired) electrons. The average Bonchev–Trinajstić information content (AvgIpc) is 3.51. The monoisotopic (exact) mass is 779 g/mol. The first-order valence-electron chi connectivity index (χ1n) is 17.3. The van der Waals surface area contributed by atoms with Crippen LogP contribution in [0.1, 0.15) is 16.7 Å². The van der Waals surface area contributed by atoms with Gasteiger partial charge in [-0.05, 0) is 115 Å². The van der Waals surface area contributed by atoms with Gasteiger partial charge in [-0.1, -0.05) is 48.5 Å². The normalized spacial score (nSPS) is 12.2. The van der Waals surface area contributed by atoms with Crippen molar-refractivity contribution in [2.45, 2.75) is 18.5 Å². The Labute approximate surface area is 320 Å². The van der Waals surface area contributed by atoms with Crippen LogP contribution in [0.5, 0.6) is 0 Å². The van der Waals surface area contributed by atoms with E-state index >= 15 is 0 Å². The summed E-state index contributed by atoms with van der Waals surface area (Å²) in [4.78, 5) is 2.96. The molecule has 284 valence electrons. The second-order valence-corrected chi connectivity index (χ2v) is 13.1. The molecule has 0 unspecified atom stereocenters. The van der Waals surface area contributed by atoms with Crippen molar-refractivity contribution in [1.29, 1.82) is 0 Å². The molecule has 3 nitrogen and oxygen atoms in total. The first-order valence-corrected chi connectivity index (χ1v) is 17.3. The summed E-state index contributed by atoms with van der Waals surface area (Å²) in [6.45, 7) is 0. The minimum Gasteiger partial charge on any atom is -0.310 e. The van der Waals surface area contributed by atoms with E-state index in [2.05, 4.69) is 12.1 Å². The highest BCUT2D eigenvalue weighted by Gasteiger charge is 2.34. The Morgan fingerprint density at radius 2 is 0.807 bits per heavy atom. The van der Waals surface area contributed by atoms with Gasteiger partial charge in [-0.25, -0.2) is 0 Å². The van der Waals surface area contributed by atoms with Crippen LogP contribution in [0.3, 0.4) is 0 Å². The van der Waals surface area contributed by atoms with Crippen molar-refractivity contribution < 1.29 is 39.5 Å². The van der Waals surface area contributed by atoms with Gasteiger partial charge in [-0.15, -0.1) is 0 Å². The molecular weight excluding hydrogens is 753 g/mol. The minimum absolute atomic E-state index is 0.0381. The number of halogens is 9. The molecule has 0 aliphatic heterocycles. The summed E-state index contributed by atoms with van der Waals surface area (Å²) in [5.74, 6) is 0. The predicted octanol–water partition coefficient (Wildman–Crippen LogP) is 14.4. The van der Waals surface area contributed by atoms with E-state index in [-0.39, 0.29) is 22.7 Å². The largest absolute Gasteiger partial charge is 0.416 e. The summed E-state index contributed by atoms with van der Waals surface area (Å²) in [7, 11) is 0. The lowest BCUT2D eigenvalue weighted by Crippen LogP contribution is -2.13. The van der Waals surface area contributed by atoms with Gasteiger partial charge in [0, 0.05) is 51.0 Å². The number of nitrogens with zero attached hydrogens (tertiary/aromatic N) is 3. The molecule has 7 aromatic carbocycles. The van der Waals surface area contributed by atoms with Gasteiger partial charge in [0.15, 0.2) is 0 Å². The van der Waals surface area contributed by atoms with Crippen LogP contribution < -0.4 is 9.80 Å². The van der Waals surface area contributed by atoms with E-state index in [1.807, 2.05) is 41.0 Å². The summed E-state index contributed by atoms with van der Waals surface area (Å²) in [6, 6.07) is 43.7. The number of aromatic nitrogens is 1. The molecule has 0 aliphatic rings. The quantitative estimate of drug-likeness (QED) is 0.149. The van der Waals surface area contributed by atoms with E-state index in [9.17, 15) is 39.5 Å². The van der Waals surface area contributed by atoms with E-state index in [0.717, 1.165) is 42.1 Å². The summed E-state index contributed by atoms with van der Waals surface area (Å²) >= 11 is 0. The number of para-hydroxylation sites is 1. The Morgan fingerprint density at radius 3 is 1.21 bits per heavy atom. The molecule has 8 aromatic rings. The number of alkyl halides is 9. The number of anilines is 6. The molecule has 57 heavy (non-hydrogen) atoms. The Morgan fingerprint density at radius 1 is 0.386 bits per heavy atom. The van der Waals surface area contributed by atoms with Crippen molar-refractivity contribution in [3.8, 4) is 5.69 Å². The second kappa shape index (κ2) is 14.0. The summed E-state index contributed by atoms with van der Waals surface area (Å²) in [5, 5.41) is 1.17. The molecule has 0 spiro atoms. The molecule has 0 saturated heterocycles. The van der Waals surface area contributed by atoms with Gasteiger partial charge < -0.3 is 14.4 Å². The maximum atomic E-state index is 14.0. The Balaban J connectivity index is 1.40. The van der Waals surface area contributed by atoms with Crippen LogP contribution in [-0.4, -0.2) is 4.57 Å². The minimum atomic E-state index is -4.74. The lowest BCUT2D eigenvalue weighted by atomic mass is 10.1. The topological polar surface area (TPSA) is 11.4 Å². The first-order chi connectivity index (χ1) is 27.2. The molecule has 0 atom stereocenters. The molecule has 1 heterocycles. The molecule has 0 aliphatic carbocycles. The summed E-state index contributed by atoms with van der Waals surface area (Å²) in [6.07, 6.45) is -14.1. The third-order valence-electron chi connectivity index (χ3n) is 9.46. The van der Waals surface area contributed by atoms with Crippen LogP contribution in [0.25, 0.3) is 27.5 Å². The standard InChI is InChI=1S/C45H26F9N3/c46-43(47,48)29-10-7-17-34(24-29)55(32-13-3-1-4-14-32)37-20-22-41-39(27-37)40-28-38(21-23-42(40)57(41)33-15-5-2-6-16-33)56(35-18-8-11-30(25-35)44(49,50)51)36-19-9-12-31(26-36)45(52,53)54/h2-3,5-28H. The molecule has 1 aromatic heterocycles. The van der Waals surface area contributed by atoms with Gasteiger partial charge in [0.05, 0.1) is 33.4 Å². The zero-order valence-electron chi connectivity index (χ0n) is 29.3. The summed E-state index contributed by atoms with van der Waals surface area (Å²) in [5.41, 5.74) is 0.581. The van der Waals surface area contributed by atoms with E-state index in [1.54, 1.807) is 59.5 Å². The van der Waals surface area contributed by atoms with Crippen LogP contribution in [0.4, 0.5) is 73.6 Å². The van der Waals surface area contributed by atoms with Crippen LogP contribution in [0, 0.1) is 12.1 Å². The molecular formula is C45H26F9N3. The fourth-order valence-electron chi connectivity index (χ4n) is 6.97. The van der Waals surface area contributed by atoms with Crippen molar-refractivity contribution in [2.75, 3.05) is 9.80 Å². The van der Waals surface area contributed by atoms with Gasteiger partial charge in [0.25, 0.3) is 0 Å². The highest BCUT2D eigenvalue weighted by Crippen LogP contribution is 2.45. The first kappa shape index (κ1) is 37.1. The van der Waals surface area contributed by atoms with Gasteiger partial charge >= 0.3 is 18.5 Å². The van der Waals surface area contributed by atoms with Gasteiger partial charge in [0.2, 0.25) is 0 Å². The molecule has 0 fully saturated rings. The van der Waals surface area contributed by atoms with Crippen molar-refractivity contribution in [2.24, 2.45) is 0 Å². The van der Waals surface area contributed by atoms with Crippen LogP contribution in [0.2, 0.25) is 0 Å². The Bertz CT molecular complexity index is 2660. The third kappa shape index (κ3) is 7.20. The number of hydrogen-bond donors (Lipinski definition) is 0. The van der Waals surface area contributed by atoms with E-state index in [1.165, 1.54) is 35.2 Å². The van der Waals surface area contributed by atoms with Gasteiger partial charge in [-0.2, -0.15) is 39.5 Å². The SMILES string of the molecule is FC(F)(F)c1cccc(N(c2cc#ccc2)c2ccc3c(c2)c2cc(N(c4cccc(C(F)(F)F)c4)c4cccc(C(F)(F)F)c4)ccc2n3-c2ccccc2)c1. The number of hydrogen-bond acceptors (Lipinski definition) is 2.